The molecule has 8 nitrogen and oxygen atoms in total. The molecule has 37 heavy (non-hydrogen) atoms. The number of hydrogen-bond donors (Lipinski definition) is 3. The number of aryl methyl sites for hydroxylation is 1. The Morgan fingerprint density at radius 2 is 1.78 bits per heavy atom. The third-order valence-corrected chi connectivity index (χ3v) is 6.73. The van der Waals surface area contributed by atoms with Gasteiger partial charge in [0.15, 0.2) is 0 Å². The van der Waals surface area contributed by atoms with Crippen LogP contribution in [-0.4, -0.2) is 31.6 Å². The molecule has 0 atom stereocenters. The van der Waals surface area contributed by atoms with E-state index in [4.69, 9.17) is 9.41 Å². The summed E-state index contributed by atoms with van der Waals surface area (Å²) < 4.78 is 7.54. The molecule has 1 amide bonds. The second kappa shape index (κ2) is 8.67. The standard InChI is InChI=1S/C29H24N4O4/c1-33-16-23(30-17-33)18-8-12-21(13-9-18)31-26(25-22-4-2-3-5-24(22)37-27(25)34)19-6-10-20(11-7-19)29(14-15-29)32-28(35)36/h2-13,16-17,32,34H,14-15H2,1H3,(H,35,36). The molecule has 8 heteroatoms. The smallest absolute Gasteiger partial charge is 0.405 e. The van der Waals surface area contributed by atoms with Gasteiger partial charge in [0, 0.05) is 29.8 Å². The highest BCUT2D eigenvalue weighted by atomic mass is 16.5. The minimum Gasteiger partial charge on any atom is -0.480 e. The van der Waals surface area contributed by atoms with E-state index in [1.807, 2.05) is 84.5 Å². The van der Waals surface area contributed by atoms with Gasteiger partial charge in [0.25, 0.3) is 5.95 Å². The first-order chi connectivity index (χ1) is 17.9. The third kappa shape index (κ3) is 4.23. The molecule has 6 rings (SSSR count). The molecule has 3 N–H and O–H groups in total. The van der Waals surface area contributed by atoms with E-state index in [0.29, 0.717) is 22.5 Å². The van der Waals surface area contributed by atoms with Crippen molar-refractivity contribution in [2.24, 2.45) is 12.0 Å². The monoisotopic (exact) mass is 492 g/mol. The SMILES string of the molecule is Cn1cnc(-c2ccc(N=C(c3ccc(C4(NC(=O)O)CC4)cc3)c3c(O)oc4ccccc34)cc2)c1. The van der Waals surface area contributed by atoms with E-state index >= 15 is 0 Å². The number of benzene rings is 3. The third-order valence-electron chi connectivity index (χ3n) is 6.73. The van der Waals surface area contributed by atoms with Gasteiger partial charge < -0.3 is 24.5 Å². The van der Waals surface area contributed by atoms with Gasteiger partial charge in [-0.1, -0.05) is 54.6 Å². The number of para-hydroxylation sites is 1. The lowest BCUT2D eigenvalue weighted by Gasteiger charge is -2.16. The molecule has 0 spiro atoms. The molecule has 5 aromatic rings. The number of nitrogens with one attached hydrogen (secondary N) is 1. The summed E-state index contributed by atoms with van der Waals surface area (Å²) in [7, 11) is 1.93. The van der Waals surface area contributed by atoms with Crippen molar-refractivity contribution in [3.05, 3.63) is 102 Å². The maximum atomic E-state index is 11.3. The van der Waals surface area contributed by atoms with E-state index in [9.17, 15) is 15.0 Å². The van der Waals surface area contributed by atoms with Crippen LogP contribution in [0.15, 0.2) is 94.7 Å². The molecule has 184 valence electrons. The summed E-state index contributed by atoms with van der Waals surface area (Å²) in [5.74, 6) is -0.208. The number of furan rings is 1. The topological polar surface area (TPSA) is 113 Å². The van der Waals surface area contributed by atoms with Crippen molar-refractivity contribution >= 4 is 28.5 Å². The maximum Gasteiger partial charge on any atom is 0.405 e. The van der Waals surface area contributed by atoms with Crippen molar-refractivity contribution in [1.82, 2.24) is 14.9 Å². The minimum absolute atomic E-state index is 0.208. The van der Waals surface area contributed by atoms with Gasteiger partial charge in [0.2, 0.25) is 0 Å². The van der Waals surface area contributed by atoms with Crippen LogP contribution in [0.4, 0.5) is 10.5 Å². The van der Waals surface area contributed by atoms with Crippen LogP contribution in [0.25, 0.3) is 22.2 Å². The van der Waals surface area contributed by atoms with Crippen LogP contribution < -0.4 is 5.32 Å². The summed E-state index contributed by atoms with van der Waals surface area (Å²) in [6, 6.07) is 22.8. The van der Waals surface area contributed by atoms with E-state index in [-0.39, 0.29) is 5.95 Å². The number of aliphatic imine (C=N–C) groups is 1. The summed E-state index contributed by atoms with van der Waals surface area (Å²) >= 11 is 0. The first-order valence-electron chi connectivity index (χ1n) is 11.9. The summed E-state index contributed by atoms with van der Waals surface area (Å²) in [6.07, 6.45) is 4.19. The molecule has 1 aliphatic rings. The van der Waals surface area contributed by atoms with Crippen molar-refractivity contribution in [1.29, 1.82) is 0 Å². The fraction of sp³-hybridized carbons (Fsp3) is 0.138. The number of rotatable bonds is 6. The summed E-state index contributed by atoms with van der Waals surface area (Å²) in [6.45, 7) is 0. The Morgan fingerprint density at radius 3 is 2.43 bits per heavy atom. The van der Waals surface area contributed by atoms with E-state index in [1.54, 1.807) is 12.4 Å². The van der Waals surface area contributed by atoms with Gasteiger partial charge in [-0.05, 0) is 36.6 Å². The number of hydrogen-bond acceptors (Lipinski definition) is 5. The Labute approximate surface area is 212 Å². The van der Waals surface area contributed by atoms with Crippen LogP contribution in [0.5, 0.6) is 5.95 Å². The van der Waals surface area contributed by atoms with Gasteiger partial charge in [0.05, 0.1) is 34.5 Å². The lowest BCUT2D eigenvalue weighted by Crippen LogP contribution is -2.33. The number of carbonyl (C=O) groups is 1. The lowest BCUT2D eigenvalue weighted by molar-refractivity contribution is 0.188. The molecule has 0 unspecified atom stereocenters. The number of fused-ring (bicyclic) bond motifs is 1. The highest BCUT2D eigenvalue weighted by Gasteiger charge is 2.45. The van der Waals surface area contributed by atoms with Crippen LogP contribution in [0, 0.1) is 0 Å². The zero-order valence-electron chi connectivity index (χ0n) is 20.0. The molecule has 2 heterocycles. The van der Waals surface area contributed by atoms with Crippen molar-refractivity contribution in [3.8, 4) is 17.2 Å². The van der Waals surface area contributed by atoms with Crippen LogP contribution >= 0.6 is 0 Å². The van der Waals surface area contributed by atoms with Crippen LogP contribution in [0.3, 0.4) is 0 Å². The minimum atomic E-state index is -1.03. The molecule has 1 fully saturated rings. The second-order valence-electron chi connectivity index (χ2n) is 9.30. The van der Waals surface area contributed by atoms with Crippen molar-refractivity contribution in [2.45, 2.75) is 18.4 Å². The van der Waals surface area contributed by atoms with Crippen molar-refractivity contribution in [2.75, 3.05) is 0 Å². The summed E-state index contributed by atoms with van der Waals surface area (Å²) in [5.41, 5.74) is 5.30. The Balaban J connectivity index is 1.43. The zero-order valence-corrected chi connectivity index (χ0v) is 20.0. The molecular weight excluding hydrogens is 468 g/mol. The Bertz CT molecular complexity index is 1640. The van der Waals surface area contributed by atoms with Crippen LogP contribution in [-0.2, 0) is 12.6 Å². The number of aromatic hydroxyl groups is 1. The highest BCUT2D eigenvalue weighted by molar-refractivity contribution is 6.21. The van der Waals surface area contributed by atoms with E-state index in [0.717, 1.165) is 40.6 Å². The normalized spacial score (nSPS) is 14.6. The van der Waals surface area contributed by atoms with Crippen molar-refractivity contribution < 1.29 is 19.4 Å². The highest BCUT2D eigenvalue weighted by Crippen LogP contribution is 2.45. The average Bonchev–Trinajstić information content (AvgIpc) is 3.40. The molecule has 1 saturated carbocycles. The van der Waals surface area contributed by atoms with E-state index in [2.05, 4.69) is 10.3 Å². The zero-order chi connectivity index (χ0) is 25.6. The van der Waals surface area contributed by atoms with E-state index < -0.39 is 11.6 Å². The Kier molecular flexibility index (Phi) is 5.30. The molecule has 2 aromatic heterocycles. The number of imidazole rings is 1. The van der Waals surface area contributed by atoms with Gasteiger partial charge in [-0.2, -0.15) is 0 Å². The van der Waals surface area contributed by atoms with Gasteiger partial charge in [0.1, 0.15) is 5.58 Å². The first-order valence-corrected chi connectivity index (χ1v) is 11.9. The molecule has 0 saturated heterocycles. The number of aromatic nitrogens is 2. The van der Waals surface area contributed by atoms with Gasteiger partial charge in [-0.25, -0.2) is 14.8 Å². The van der Waals surface area contributed by atoms with Crippen molar-refractivity contribution in [3.63, 3.8) is 0 Å². The number of carboxylic acid groups (broad SMARTS) is 1. The molecule has 3 aromatic carbocycles. The van der Waals surface area contributed by atoms with Gasteiger partial charge >= 0.3 is 6.09 Å². The molecule has 0 radical (unpaired) electrons. The predicted molar refractivity (Wildman–Crippen MR) is 140 cm³/mol. The molecule has 0 bridgehead atoms. The first kappa shape index (κ1) is 22.6. The predicted octanol–water partition coefficient (Wildman–Crippen LogP) is 5.96. The molecular formula is C29H24N4O4. The molecule has 0 aliphatic heterocycles. The summed E-state index contributed by atoms with van der Waals surface area (Å²) in [5, 5.41) is 23.4. The summed E-state index contributed by atoms with van der Waals surface area (Å²) in [4.78, 5) is 20.6. The average molecular weight is 493 g/mol. The quantitative estimate of drug-likeness (QED) is 0.253. The largest absolute Gasteiger partial charge is 0.480 e. The fourth-order valence-corrected chi connectivity index (χ4v) is 4.69. The van der Waals surface area contributed by atoms with Crippen LogP contribution in [0.2, 0.25) is 0 Å². The fourth-order valence-electron chi connectivity index (χ4n) is 4.69. The molecule has 1 aliphatic carbocycles. The Morgan fingerprint density at radius 1 is 1.05 bits per heavy atom. The van der Waals surface area contributed by atoms with Gasteiger partial charge in [-0.3, -0.25) is 0 Å². The second-order valence-corrected chi connectivity index (χ2v) is 9.30. The lowest BCUT2D eigenvalue weighted by atomic mass is 9.97. The van der Waals surface area contributed by atoms with E-state index in [1.165, 1.54) is 0 Å². The number of amides is 1. The van der Waals surface area contributed by atoms with Crippen LogP contribution in [0.1, 0.15) is 29.5 Å². The Hall–Kier alpha value is -4.85. The van der Waals surface area contributed by atoms with Gasteiger partial charge in [-0.15, -0.1) is 0 Å². The maximum absolute atomic E-state index is 11.3. The number of nitrogens with zero attached hydrogens (tertiary/aromatic N) is 3.